The number of imidazole rings is 1. The smallest absolute Gasteiger partial charge is 0.338 e. The van der Waals surface area contributed by atoms with Crippen LogP contribution >= 0.6 is 11.6 Å². The van der Waals surface area contributed by atoms with E-state index in [1.807, 2.05) is 10.6 Å². The summed E-state index contributed by atoms with van der Waals surface area (Å²) in [5.41, 5.74) is 4.18. The van der Waals surface area contributed by atoms with E-state index in [4.69, 9.17) is 16.7 Å². The lowest BCUT2D eigenvalue weighted by Gasteiger charge is -2.04. The van der Waals surface area contributed by atoms with Crippen LogP contribution in [0.5, 0.6) is 0 Å². The van der Waals surface area contributed by atoms with Crippen LogP contribution < -0.4 is 0 Å². The van der Waals surface area contributed by atoms with E-state index in [2.05, 4.69) is 22.3 Å². The molecule has 0 amide bonds. The van der Waals surface area contributed by atoms with Crippen LogP contribution in [0, 0.1) is 0 Å². The van der Waals surface area contributed by atoms with Gasteiger partial charge in [-0.25, -0.2) is 9.78 Å². The maximum absolute atomic E-state index is 10.9. The fourth-order valence-electron chi connectivity index (χ4n) is 2.78. The van der Waals surface area contributed by atoms with Gasteiger partial charge in [0.2, 0.25) is 0 Å². The molecule has 118 valence electrons. The van der Waals surface area contributed by atoms with Crippen LogP contribution in [0.25, 0.3) is 5.65 Å². The van der Waals surface area contributed by atoms with E-state index in [1.54, 1.807) is 4.68 Å². The minimum atomic E-state index is -0.982. The third kappa shape index (κ3) is 2.70. The van der Waals surface area contributed by atoms with E-state index < -0.39 is 5.97 Å². The molecule has 3 heterocycles. The van der Waals surface area contributed by atoms with Gasteiger partial charge in [0.1, 0.15) is 5.65 Å². The Morgan fingerprint density at radius 3 is 2.83 bits per heavy atom. The third-order valence-electron chi connectivity index (χ3n) is 4.10. The van der Waals surface area contributed by atoms with Crippen molar-refractivity contribution < 1.29 is 9.90 Å². The summed E-state index contributed by atoms with van der Waals surface area (Å²) in [7, 11) is 0. The molecule has 1 N–H and O–H groups in total. The van der Waals surface area contributed by atoms with Crippen molar-refractivity contribution in [3.8, 4) is 0 Å². The summed E-state index contributed by atoms with van der Waals surface area (Å²) in [5.74, 6) is 0.0899. The summed E-state index contributed by atoms with van der Waals surface area (Å²) in [6.45, 7) is 0.426. The minimum absolute atomic E-state index is 0.172. The zero-order valence-electron chi connectivity index (χ0n) is 12.3. The SMILES string of the molecule is O=C(O)c1cnn(Cc2cn3cc(C4CC4)cc(CCl)c3n2)c1. The molecule has 1 aliphatic carbocycles. The summed E-state index contributed by atoms with van der Waals surface area (Å²) in [4.78, 5) is 15.5. The first kappa shape index (κ1) is 14.3. The Balaban J connectivity index is 1.68. The van der Waals surface area contributed by atoms with Gasteiger partial charge in [-0.1, -0.05) is 0 Å². The maximum Gasteiger partial charge on any atom is 0.338 e. The molecule has 6 nitrogen and oxygen atoms in total. The molecular weight excluding hydrogens is 316 g/mol. The molecule has 3 aromatic heterocycles. The maximum atomic E-state index is 10.9. The number of aromatic nitrogens is 4. The zero-order chi connectivity index (χ0) is 16.0. The van der Waals surface area contributed by atoms with Gasteiger partial charge in [0, 0.05) is 24.2 Å². The first-order valence-electron chi connectivity index (χ1n) is 7.46. The van der Waals surface area contributed by atoms with Crippen molar-refractivity contribution in [2.24, 2.45) is 0 Å². The number of carboxylic acid groups (broad SMARTS) is 1. The van der Waals surface area contributed by atoms with Crippen LogP contribution in [-0.4, -0.2) is 30.2 Å². The molecule has 3 aromatic rings. The quantitative estimate of drug-likeness (QED) is 0.730. The number of halogens is 1. The molecule has 0 unspecified atom stereocenters. The van der Waals surface area contributed by atoms with Crippen LogP contribution in [-0.2, 0) is 12.4 Å². The normalized spacial score (nSPS) is 14.5. The average molecular weight is 331 g/mol. The molecule has 4 rings (SSSR count). The summed E-state index contributed by atoms with van der Waals surface area (Å²) in [5, 5.41) is 13.0. The van der Waals surface area contributed by atoms with Crippen LogP contribution in [0.1, 0.15) is 45.9 Å². The monoisotopic (exact) mass is 330 g/mol. The van der Waals surface area contributed by atoms with Gasteiger partial charge in [0.05, 0.1) is 29.9 Å². The van der Waals surface area contributed by atoms with E-state index in [-0.39, 0.29) is 5.56 Å². The van der Waals surface area contributed by atoms with Crippen molar-refractivity contribution in [1.82, 2.24) is 19.2 Å². The van der Waals surface area contributed by atoms with Gasteiger partial charge in [-0.15, -0.1) is 11.6 Å². The summed E-state index contributed by atoms with van der Waals surface area (Å²) < 4.78 is 3.59. The summed E-state index contributed by atoms with van der Waals surface area (Å²) >= 11 is 6.07. The molecule has 0 spiro atoms. The highest BCUT2D eigenvalue weighted by Gasteiger charge is 2.25. The third-order valence-corrected chi connectivity index (χ3v) is 4.38. The Labute approximate surface area is 137 Å². The second-order valence-electron chi connectivity index (χ2n) is 5.90. The van der Waals surface area contributed by atoms with Gasteiger partial charge in [0.25, 0.3) is 0 Å². The molecule has 23 heavy (non-hydrogen) atoms. The Hall–Kier alpha value is -2.34. The number of carbonyl (C=O) groups is 1. The molecule has 0 atom stereocenters. The number of aromatic carboxylic acids is 1. The van der Waals surface area contributed by atoms with Crippen molar-refractivity contribution >= 4 is 23.2 Å². The molecular formula is C16H15ClN4O2. The van der Waals surface area contributed by atoms with Crippen molar-refractivity contribution in [3.05, 3.63) is 53.2 Å². The summed E-state index contributed by atoms with van der Waals surface area (Å²) in [6, 6.07) is 2.15. The summed E-state index contributed by atoms with van der Waals surface area (Å²) in [6.07, 6.45) is 9.39. The topological polar surface area (TPSA) is 72.4 Å². The molecule has 0 radical (unpaired) electrons. The van der Waals surface area contributed by atoms with Crippen LogP contribution in [0.15, 0.2) is 30.9 Å². The van der Waals surface area contributed by atoms with E-state index >= 15 is 0 Å². The Bertz CT molecular complexity index is 895. The molecule has 0 aliphatic heterocycles. The standard InChI is InChI=1S/C16H15ClN4O2/c17-4-11-3-12(10-1-2-10)6-20-8-14(19-15(11)20)9-21-7-13(5-18-21)16(22)23/h3,5-8,10H,1-2,4,9H2,(H,22,23). The van der Waals surface area contributed by atoms with Crippen LogP contribution in [0.2, 0.25) is 0 Å². The largest absolute Gasteiger partial charge is 0.478 e. The number of rotatable bonds is 5. The number of carboxylic acids is 1. The number of fused-ring (bicyclic) bond motifs is 1. The lowest BCUT2D eigenvalue weighted by atomic mass is 10.1. The van der Waals surface area contributed by atoms with Gasteiger partial charge in [0.15, 0.2) is 0 Å². The lowest BCUT2D eigenvalue weighted by molar-refractivity contribution is 0.0697. The van der Waals surface area contributed by atoms with E-state index in [0.717, 1.165) is 16.9 Å². The van der Waals surface area contributed by atoms with Crippen molar-refractivity contribution in [3.63, 3.8) is 0 Å². The van der Waals surface area contributed by atoms with Crippen molar-refractivity contribution in [2.45, 2.75) is 31.2 Å². The number of alkyl halides is 1. The van der Waals surface area contributed by atoms with E-state index in [0.29, 0.717) is 18.3 Å². The Morgan fingerprint density at radius 1 is 1.35 bits per heavy atom. The Morgan fingerprint density at radius 2 is 2.17 bits per heavy atom. The van der Waals surface area contributed by atoms with Gasteiger partial charge in [-0.3, -0.25) is 4.68 Å². The average Bonchev–Trinajstić information content (AvgIpc) is 3.14. The second-order valence-corrected chi connectivity index (χ2v) is 6.17. The predicted octanol–water partition coefficient (Wildman–Crippen LogP) is 2.89. The van der Waals surface area contributed by atoms with Gasteiger partial charge >= 0.3 is 5.97 Å². The molecule has 0 saturated heterocycles. The lowest BCUT2D eigenvalue weighted by Crippen LogP contribution is -2.00. The highest BCUT2D eigenvalue weighted by atomic mass is 35.5. The van der Waals surface area contributed by atoms with Crippen LogP contribution in [0.4, 0.5) is 0 Å². The number of nitrogens with zero attached hydrogens (tertiary/aromatic N) is 4. The van der Waals surface area contributed by atoms with Gasteiger partial charge in [-0.2, -0.15) is 5.10 Å². The first-order chi connectivity index (χ1) is 11.1. The highest BCUT2D eigenvalue weighted by Crippen LogP contribution is 2.40. The molecule has 7 heteroatoms. The van der Waals surface area contributed by atoms with Gasteiger partial charge < -0.3 is 9.51 Å². The van der Waals surface area contributed by atoms with Gasteiger partial charge in [-0.05, 0) is 30.4 Å². The van der Waals surface area contributed by atoms with E-state index in [1.165, 1.54) is 30.8 Å². The number of hydrogen-bond donors (Lipinski definition) is 1. The molecule has 1 fully saturated rings. The van der Waals surface area contributed by atoms with Crippen molar-refractivity contribution in [2.75, 3.05) is 0 Å². The first-order valence-corrected chi connectivity index (χ1v) is 7.99. The number of pyridine rings is 1. The number of hydrogen-bond acceptors (Lipinski definition) is 3. The fourth-order valence-corrected chi connectivity index (χ4v) is 2.98. The highest BCUT2D eigenvalue weighted by molar-refractivity contribution is 6.17. The molecule has 0 bridgehead atoms. The minimum Gasteiger partial charge on any atom is -0.478 e. The molecule has 1 aliphatic rings. The second kappa shape index (κ2) is 5.38. The fraction of sp³-hybridized carbons (Fsp3) is 0.312. The van der Waals surface area contributed by atoms with Crippen molar-refractivity contribution in [1.29, 1.82) is 0 Å². The Kier molecular flexibility index (Phi) is 3.34. The molecule has 1 saturated carbocycles. The van der Waals surface area contributed by atoms with Crippen LogP contribution in [0.3, 0.4) is 0 Å². The van der Waals surface area contributed by atoms with E-state index in [9.17, 15) is 4.79 Å². The zero-order valence-corrected chi connectivity index (χ0v) is 13.1. The molecule has 0 aromatic carbocycles. The predicted molar refractivity (Wildman–Crippen MR) is 85.0 cm³/mol.